The number of nitriles is 1. The van der Waals surface area contributed by atoms with Crippen molar-refractivity contribution in [1.82, 2.24) is 24.7 Å². The van der Waals surface area contributed by atoms with Crippen LogP contribution in [0.4, 0.5) is 17.3 Å². The zero-order valence-electron chi connectivity index (χ0n) is 18.8. The molecule has 4 aromatic rings. The third-order valence-corrected chi connectivity index (χ3v) is 5.87. The highest BCUT2D eigenvalue weighted by molar-refractivity contribution is 5.70. The molecule has 3 heterocycles. The molecule has 1 aliphatic rings. The van der Waals surface area contributed by atoms with E-state index in [9.17, 15) is 10.4 Å². The predicted octanol–water partition coefficient (Wildman–Crippen LogP) is 3.61. The zero-order chi connectivity index (χ0) is 23.5. The van der Waals surface area contributed by atoms with E-state index in [1.165, 1.54) is 0 Å². The first-order valence-electron chi connectivity index (χ1n) is 11.2. The van der Waals surface area contributed by atoms with Gasteiger partial charge in [0.05, 0.1) is 28.7 Å². The summed E-state index contributed by atoms with van der Waals surface area (Å²) >= 11 is 0. The normalized spacial score (nSPS) is 14.1. The number of anilines is 3. The molecule has 0 unspecified atom stereocenters. The van der Waals surface area contributed by atoms with Crippen molar-refractivity contribution in [2.45, 2.75) is 25.9 Å². The van der Waals surface area contributed by atoms with Crippen LogP contribution >= 0.6 is 0 Å². The second kappa shape index (κ2) is 9.29. The minimum absolute atomic E-state index is 0.254. The lowest BCUT2D eigenvalue weighted by Crippen LogP contribution is -2.36. The molecule has 0 atom stereocenters. The topological polar surface area (TPSA) is 116 Å². The molecule has 0 spiro atoms. The van der Waals surface area contributed by atoms with Gasteiger partial charge in [-0.2, -0.15) is 10.4 Å². The fraction of sp³-hybridized carbons (Fsp3) is 0.240. The van der Waals surface area contributed by atoms with E-state index in [-0.39, 0.29) is 6.10 Å². The molecule has 9 heteroatoms. The molecule has 1 fully saturated rings. The van der Waals surface area contributed by atoms with Crippen LogP contribution in [-0.2, 0) is 0 Å². The summed E-state index contributed by atoms with van der Waals surface area (Å²) in [5, 5.41) is 27.1. The maximum Gasteiger partial charge on any atom is 0.227 e. The van der Waals surface area contributed by atoms with Crippen LogP contribution in [-0.4, -0.2) is 49.0 Å². The molecule has 5 rings (SSSR count). The van der Waals surface area contributed by atoms with E-state index in [1.54, 1.807) is 17.2 Å². The van der Waals surface area contributed by atoms with Crippen molar-refractivity contribution < 1.29 is 5.11 Å². The van der Waals surface area contributed by atoms with Crippen molar-refractivity contribution in [3.05, 3.63) is 72.4 Å². The molecule has 34 heavy (non-hydrogen) atoms. The van der Waals surface area contributed by atoms with E-state index in [1.807, 2.05) is 55.5 Å². The molecule has 170 valence electrons. The monoisotopic (exact) mass is 452 g/mol. The van der Waals surface area contributed by atoms with Gasteiger partial charge < -0.3 is 15.3 Å². The van der Waals surface area contributed by atoms with Crippen LogP contribution in [0, 0.1) is 18.3 Å². The van der Waals surface area contributed by atoms with Gasteiger partial charge in [-0.25, -0.2) is 19.6 Å². The van der Waals surface area contributed by atoms with Crippen LogP contribution in [0.3, 0.4) is 0 Å². The number of nitrogens with one attached hydrogen (secondary N) is 1. The number of aliphatic hydroxyl groups is 1. The van der Waals surface area contributed by atoms with E-state index in [0.29, 0.717) is 24.4 Å². The van der Waals surface area contributed by atoms with Crippen molar-refractivity contribution >= 4 is 17.3 Å². The number of aromatic nitrogens is 5. The first-order valence-corrected chi connectivity index (χ1v) is 11.2. The molecular formula is C25H24N8O. The molecule has 0 saturated carbocycles. The van der Waals surface area contributed by atoms with Gasteiger partial charge in [-0.1, -0.05) is 6.07 Å². The molecule has 2 N–H and O–H groups in total. The van der Waals surface area contributed by atoms with Gasteiger partial charge in [0.15, 0.2) is 0 Å². The SMILES string of the molecule is Cc1ncn(-c2ccc(Nc3nccc(-c4ccc(N5CCC(O)CC5)c(C#N)c4)n3)cc2)n1. The van der Waals surface area contributed by atoms with Crippen LogP contribution in [0.15, 0.2) is 61.1 Å². The number of nitrogens with zero attached hydrogens (tertiary/aromatic N) is 7. The molecule has 2 aromatic heterocycles. The number of aryl methyl sites for hydroxylation is 1. The van der Waals surface area contributed by atoms with Gasteiger partial charge in [0.1, 0.15) is 18.2 Å². The summed E-state index contributed by atoms with van der Waals surface area (Å²) < 4.78 is 1.72. The van der Waals surface area contributed by atoms with Gasteiger partial charge >= 0.3 is 0 Å². The van der Waals surface area contributed by atoms with E-state index in [2.05, 4.69) is 36.3 Å². The second-order valence-corrected chi connectivity index (χ2v) is 8.24. The molecule has 0 radical (unpaired) electrons. The lowest BCUT2D eigenvalue weighted by Gasteiger charge is -2.32. The average molecular weight is 453 g/mol. The summed E-state index contributed by atoms with van der Waals surface area (Å²) in [5.41, 5.74) is 4.82. The minimum Gasteiger partial charge on any atom is -0.393 e. The largest absolute Gasteiger partial charge is 0.393 e. The predicted molar refractivity (Wildman–Crippen MR) is 129 cm³/mol. The van der Waals surface area contributed by atoms with Gasteiger partial charge in [0.2, 0.25) is 5.95 Å². The standard InChI is InChI=1S/C25H24N8O/c1-17-28-16-33(31-17)21-5-3-20(4-6-21)29-25-27-11-8-23(30-25)18-2-7-24(19(14-18)15-26)32-12-9-22(34)10-13-32/h2-8,11,14,16,22,34H,9-10,12-13H2,1H3,(H,27,29,30). The van der Waals surface area contributed by atoms with E-state index in [4.69, 9.17) is 0 Å². The van der Waals surface area contributed by atoms with Crippen LogP contribution < -0.4 is 10.2 Å². The highest BCUT2D eigenvalue weighted by Crippen LogP contribution is 2.29. The Hall–Kier alpha value is -4.29. The molecule has 1 saturated heterocycles. The summed E-state index contributed by atoms with van der Waals surface area (Å²) in [6.07, 6.45) is 4.55. The smallest absolute Gasteiger partial charge is 0.227 e. The van der Waals surface area contributed by atoms with Gasteiger partial charge in [0, 0.05) is 30.5 Å². The zero-order valence-corrected chi connectivity index (χ0v) is 18.8. The highest BCUT2D eigenvalue weighted by Gasteiger charge is 2.20. The summed E-state index contributed by atoms with van der Waals surface area (Å²) in [6.45, 7) is 3.33. The van der Waals surface area contributed by atoms with Crippen molar-refractivity contribution in [3.63, 3.8) is 0 Å². The fourth-order valence-corrected chi connectivity index (χ4v) is 4.04. The Bertz CT molecular complexity index is 1330. The Kier molecular flexibility index (Phi) is 5.89. The van der Waals surface area contributed by atoms with Crippen molar-refractivity contribution in [2.24, 2.45) is 0 Å². The maximum atomic E-state index is 9.77. The van der Waals surface area contributed by atoms with E-state index >= 15 is 0 Å². The second-order valence-electron chi connectivity index (χ2n) is 8.24. The molecule has 9 nitrogen and oxygen atoms in total. The van der Waals surface area contributed by atoms with Crippen LogP contribution in [0.2, 0.25) is 0 Å². The number of aliphatic hydroxyl groups excluding tert-OH is 1. The van der Waals surface area contributed by atoms with Crippen LogP contribution in [0.25, 0.3) is 16.9 Å². The Morgan fingerprint density at radius 1 is 1.06 bits per heavy atom. The Morgan fingerprint density at radius 3 is 2.56 bits per heavy atom. The van der Waals surface area contributed by atoms with E-state index < -0.39 is 0 Å². The number of hydrogen-bond acceptors (Lipinski definition) is 8. The molecule has 1 aliphatic heterocycles. The van der Waals surface area contributed by atoms with Gasteiger partial charge in [-0.05, 0) is 62.2 Å². The third kappa shape index (κ3) is 4.58. The summed E-state index contributed by atoms with van der Waals surface area (Å²) in [7, 11) is 0. The van der Waals surface area contributed by atoms with Crippen molar-refractivity contribution in [1.29, 1.82) is 5.26 Å². The summed E-state index contributed by atoms with van der Waals surface area (Å²) in [6, 6.07) is 17.7. The first kappa shape index (κ1) is 21.6. The number of piperidine rings is 1. The lowest BCUT2D eigenvalue weighted by atomic mass is 10.0. The average Bonchev–Trinajstić information content (AvgIpc) is 3.31. The Labute approximate surface area is 197 Å². The maximum absolute atomic E-state index is 9.77. The quantitative estimate of drug-likeness (QED) is 0.472. The highest BCUT2D eigenvalue weighted by atomic mass is 16.3. The molecular weight excluding hydrogens is 428 g/mol. The van der Waals surface area contributed by atoms with E-state index in [0.717, 1.165) is 47.2 Å². The lowest BCUT2D eigenvalue weighted by molar-refractivity contribution is 0.145. The third-order valence-electron chi connectivity index (χ3n) is 5.87. The molecule has 0 bridgehead atoms. The fourth-order valence-electron chi connectivity index (χ4n) is 4.04. The minimum atomic E-state index is -0.254. The summed E-state index contributed by atoms with van der Waals surface area (Å²) in [4.78, 5) is 15.3. The van der Waals surface area contributed by atoms with Crippen molar-refractivity contribution in [3.8, 4) is 23.0 Å². The molecule has 2 aromatic carbocycles. The van der Waals surface area contributed by atoms with Gasteiger partial charge in [0.25, 0.3) is 0 Å². The number of benzene rings is 2. The molecule has 0 aliphatic carbocycles. The van der Waals surface area contributed by atoms with Crippen LogP contribution in [0.5, 0.6) is 0 Å². The van der Waals surface area contributed by atoms with Crippen LogP contribution in [0.1, 0.15) is 24.2 Å². The van der Waals surface area contributed by atoms with Gasteiger partial charge in [-0.3, -0.25) is 0 Å². The number of rotatable bonds is 5. The Balaban J connectivity index is 1.34. The number of hydrogen-bond donors (Lipinski definition) is 2. The first-order chi connectivity index (χ1) is 16.6. The van der Waals surface area contributed by atoms with Gasteiger partial charge in [-0.15, -0.1) is 0 Å². The van der Waals surface area contributed by atoms with Crippen molar-refractivity contribution in [2.75, 3.05) is 23.3 Å². The molecule has 0 amide bonds. The summed E-state index contributed by atoms with van der Waals surface area (Å²) in [5.74, 6) is 1.18. The Morgan fingerprint density at radius 2 is 1.85 bits per heavy atom.